The summed E-state index contributed by atoms with van der Waals surface area (Å²) < 4.78 is 8.23. The number of carbonyl (C=O) groups excluding carboxylic acids is 1. The number of aliphatic hydroxyl groups excluding tert-OH is 2. The molecule has 7 aromatic rings. The van der Waals surface area contributed by atoms with Gasteiger partial charge < -0.3 is 35.9 Å². The summed E-state index contributed by atoms with van der Waals surface area (Å²) in [6.45, 7) is 0.551. The lowest BCUT2D eigenvalue weighted by atomic mass is 9.89. The predicted octanol–water partition coefficient (Wildman–Crippen LogP) is 7.62. The number of likely N-dealkylation sites (N-methyl/N-ethyl adjacent to an activating group) is 1. The van der Waals surface area contributed by atoms with E-state index < -0.39 is 30.4 Å². The van der Waals surface area contributed by atoms with Crippen molar-refractivity contribution in [1.82, 2.24) is 39.8 Å². The molecule has 6 N–H and O–H groups in total. The average Bonchev–Trinajstić information content (AvgIpc) is 3.95. The monoisotopic (exact) mass is 920 g/mol. The van der Waals surface area contributed by atoms with Crippen molar-refractivity contribution < 1.29 is 19.7 Å². The van der Waals surface area contributed by atoms with Crippen molar-refractivity contribution in [1.29, 1.82) is 0 Å². The van der Waals surface area contributed by atoms with Crippen LogP contribution in [0, 0.1) is 3.57 Å². The number of carbonyl (C=O) groups is 1. The molecule has 2 aliphatic rings. The van der Waals surface area contributed by atoms with E-state index in [0.29, 0.717) is 39.5 Å². The second kappa shape index (κ2) is 17.1. The van der Waals surface area contributed by atoms with Gasteiger partial charge in [0.05, 0.1) is 21.9 Å². The van der Waals surface area contributed by atoms with Crippen LogP contribution in [0.1, 0.15) is 55.6 Å². The van der Waals surface area contributed by atoms with Gasteiger partial charge in [-0.1, -0.05) is 72.8 Å². The van der Waals surface area contributed by atoms with E-state index >= 15 is 0 Å². The van der Waals surface area contributed by atoms with Gasteiger partial charge in [-0.25, -0.2) is 24.9 Å². The number of nitrogens with one attached hydrogen (secondary N) is 4. The summed E-state index contributed by atoms with van der Waals surface area (Å²) in [7, 11) is 1.43. The number of anilines is 3. The van der Waals surface area contributed by atoms with Gasteiger partial charge in [0, 0.05) is 34.2 Å². The number of aromatic amines is 1. The van der Waals surface area contributed by atoms with Crippen molar-refractivity contribution >= 4 is 102 Å². The van der Waals surface area contributed by atoms with Crippen LogP contribution >= 0.6 is 45.8 Å². The lowest BCUT2D eigenvalue weighted by molar-refractivity contribution is -0.137. The zero-order valence-electron chi connectivity index (χ0n) is 30.7. The molecule has 1 saturated heterocycles. The molecule has 3 aromatic carbocycles. The first kappa shape index (κ1) is 39.2. The van der Waals surface area contributed by atoms with Gasteiger partial charge in [-0.05, 0) is 77.4 Å². The number of H-pyrrole nitrogens is 1. The Bertz CT molecular complexity index is 2560. The number of hydrogen-bond acceptors (Lipinski definition) is 11. The van der Waals surface area contributed by atoms with E-state index in [1.54, 1.807) is 6.07 Å². The van der Waals surface area contributed by atoms with Crippen LogP contribution in [0.25, 0.3) is 33.1 Å². The lowest BCUT2D eigenvalue weighted by Gasteiger charge is -2.19. The van der Waals surface area contributed by atoms with Gasteiger partial charge in [0.2, 0.25) is 0 Å². The Labute approximate surface area is 350 Å². The Hall–Kier alpha value is -4.65. The minimum absolute atomic E-state index is 0.416. The molecule has 14 nitrogen and oxygen atoms in total. The molecule has 294 valence electrons. The maximum atomic E-state index is 11.9. The van der Waals surface area contributed by atoms with Crippen molar-refractivity contribution in [2.24, 2.45) is 0 Å². The third-order valence-corrected chi connectivity index (χ3v) is 11.7. The van der Waals surface area contributed by atoms with Crippen LogP contribution in [0.15, 0.2) is 79.4 Å². The molecule has 5 heterocycles. The van der Waals surface area contributed by atoms with Crippen molar-refractivity contribution in [3.8, 4) is 0 Å². The van der Waals surface area contributed by atoms with Crippen molar-refractivity contribution in [3.05, 3.63) is 104 Å². The van der Waals surface area contributed by atoms with Crippen molar-refractivity contribution in [2.45, 2.75) is 69.1 Å². The van der Waals surface area contributed by atoms with E-state index in [1.807, 2.05) is 48.5 Å². The number of fused-ring (bicyclic) bond motifs is 4. The number of nitrogens with zero attached hydrogens (tertiary/aromatic N) is 6. The van der Waals surface area contributed by atoms with Crippen LogP contribution in [0.2, 0.25) is 10.0 Å². The number of hydrogen-bond donors (Lipinski definition) is 6. The van der Waals surface area contributed by atoms with Gasteiger partial charge in [0.25, 0.3) is 5.91 Å². The minimum atomic E-state index is -1.36. The SMILES string of the molecule is CNC(=O)[C@H]1O[C@@H](n2cnc3c(NCc4cccc(I)c4)ncnc32)[C@H](O)[C@@H]1O.Clc1ccc(Nc2nc3ccccc3c3nc(C4CCCCC4)[nH]c23)cc1Cl. The van der Waals surface area contributed by atoms with Gasteiger partial charge in [-0.15, -0.1) is 0 Å². The number of para-hydroxylation sites is 1. The van der Waals surface area contributed by atoms with Gasteiger partial charge in [0.1, 0.15) is 35.4 Å². The lowest BCUT2D eigenvalue weighted by Crippen LogP contribution is -2.41. The third kappa shape index (κ3) is 8.22. The summed E-state index contributed by atoms with van der Waals surface area (Å²) in [4.78, 5) is 38.2. The molecule has 17 heteroatoms. The molecule has 4 aromatic heterocycles. The third-order valence-electron chi connectivity index (χ3n) is 10.2. The molecule has 0 unspecified atom stereocenters. The summed E-state index contributed by atoms with van der Waals surface area (Å²) >= 11 is 14.5. The molecule has 1 aliphatic carbocycles. The predicted molar refractivity (Wildman–Crippen MR) is 229 cm³/mol. The normalized spacial score (nSPS) is 19.8. The second-order valence-electron chi connectivity index (χ2n) is 14.0. The highest BCUT2D eigenvalue weighted by molar-refractivity contribution is 14.1. The Kier molecular flexibility index (Phi) is 11.7. The van der Waals surface area contributed by atoms with E-state index in [9.17, 15) is 15.0 Å². The van der Waals surface area contributed by atoms with E-state index in [4.69, 9.17) is 37.9 Å². The van der Waals surface area contributed by atoms with Crippen LogP contribution in [-0.4, -0.2) is 76.0 Å². The van der Waals surface area contributed by atoms with E-state index in [0.717, 1.165) is 48.4 Å². The highest BCUT2D eigenvalue weighted by Gasteiger charge is 2.47. The largest absolute Gasteiger partial charge is 0.387 e. The second-order valence-corrected chi connectivity index (χ2v) is 16.0. The van der Waals surface area contributed by atoms with Crippen molar-refractivity contribution in [2.75, 3.05) is 17.7 Å². The highest BCUT2D eigenvalue weighted by Crippen LogP contribution is 2.37. The maximum absolute atomic E-state index is 11.9. The zero-order chi connectivity index (χ0) is 39.6. The molecule has 0 bridgehead atoms. The first-order valence-corrected chi connectivity index (χ1v) is 20.4. The van der Waals surface area contributed by atoms with Crippen LogP contribution in [0.4, 0.5) is 17.3 Å². The van der Waals surface area contributed by atoms with Crippen molar-refractivity contribution in [3.63, 3.8) is 0 Å². The molecule has 1 saturated carbocycles. The molecule has 1 aliphatic heterocycles. The quantitative estimate of drug-likeness (QED) is 0.0824. The Morgan fingerprint density at radius 2 is 1.75 bits per heavy atom. The van der Waals surface area contributed by atoms with E-state index in [1.165, 1.54) is 56.4 Å². The number of pyridine rings is 1. The van der Waals surface area contributed by atoms with E-state index in [2.05, 4.69) is 70.6 Å². The molecule has 1 amide bonds. The fraction of sp³-hybridized carbons (Fsp3) is 0.300. The summed E-state index contributed by atoms with van der Waals surface area (Å²) in [5, 5.41) is 31.7. The zero-order valence-corrected chi connectivity index (χ0v) is 34.3. The Balaban J connectivity index is 0.000000160. The molecule has 4 atom stereocenters. The minimum Gasteiger partial charge on any atom is -0.387 e. The number of ether oxygens (including phenoxy) is 1. The molecule has 2 fully saturated rings. The van der Waals surface area contributed by atoms with Crippen LogP contribution in [0.5, 0.6) is 0 Å². The Morgan fingerprint density at radius 3 is 2.54 bits per heavy atom. The summed E-state index contributed by atoms with van der Waals surface area (Å²) in [6.07, 6.45) is 4.23. The van der Waals surface area contributed by atoms with Crippen LogP contribution < -0.4 is 16.0 Å². The number of amides is 1. The van der Waals surface area contributed by atoms with Crippen LogP contribution in [0.3, 0.4) is 0 Å². The summed E-state index contributed by atoms with van der Waals surface area (Å²) in [6, 6.07) is 21.7. The number of halogens is 3. The first-order chi connectivity index (χ1) is 27.7. The standard InChI is InChI=1S/C22H20Cl2N4.C18H19IN6O4/c23-16-11-10-14(12-17(16)24)25-22-20-19(15-8-4-5-9-18(15)26-22)27-21(28-20)13-6-2-1-3-7-13;1-20-17(28)14-12(26)13(27)18(29-14)25-8-24-11-15(22-7-23-16(11)25)21-6-9-3-2-4-10(19)5-9/h4-5,8-13H,1-3,6-7H2,(H,25,26)(H,27,28);2-5,7-8,12-14,18,26-27H,6H2,1H3,(H,20,28)(H,21,22,23)/t;12-,13+,14-,18+/m.0/s1. The smallest absolute Gasteiger partial charge is 0.251 e. The summed E-state index contributed by atoms with van der Waals surface area (Å²) in [5.41, 5.74) is 5.66. The van der Waals surface area contributed by atoms with Gasteiger partial charge in [-0.3, -0.25) is 9.36 Å². The summed E-state index contributed by atoms with van der Waals surface area (Å²) in [5.74, 6) is 2.34. The van der Waals surface area contributed by atoms with Gasteiger partial charge in [-0.2, -0.15) is 0 Å². The molecule has 0 radical (unpaired) electrons. The molecule has 9 rings (SSSR count). The van der Waals surface area contributed by atoms with Gasteiger partial charge in [0.15, 0.2) is 35.1 Å². The fourth-order valence-corrected chi connectivity index (χ4v) is 8.23. The maximum Gasteiger partial charge on any atom is 0.251 e. The topological polar surface area (TPSA) is 188 Å². The average molecular weight is 922 g/mol. The molecular formula is C40H39Cl2IN10O4. The fourth-order valence-electron chi connectivity index (χ4n) is 7.32. The number of rotatable bonds is 8. The molecular weight excluding hydrogens is 882 g/mol. The van der Waals surface area contributed by atoms with Gasteiger partial charge >= 0.3 is 0 Å². The number of aliphatic hydroxyl groups is 2. The van der Waals surface area contributed by atoms with E-state index in [-0.39, 0.29) is 0 Å². The number of benzene rings is 3. The first-order valence-electron chi connectivity index (χ1n) is 18.6. The van der Waals surface area contributed by atoms with Crippen LogP contribution in [-0.2, 0) is 16.1 Å². The highest BCUT2D eigenvalue weighted by atomic mass is 127. The number of aromatic nitrogens is 7. The Morgan fingerprint density at radius 1 is 0.930 bits per heavy atom. The number of imidazole rings is 2. The molecule has 0 spiro atoms. The molecule has 57 heavy (non-hydrogen) atoms.